The first-order valence-corrected chi connectivity index (χ1v) is 6.46. The number of para-hydroxylation sites is 1. The number of nitrogens with zero attached hydrogens (tertiary/aromatic N) is 1. The smallest absolute Gasteiger partial charge is 0.181 e. The number of hydrogen-bond donors (Lipinski definition) is 1. The minimum Gasteiger partial charge on any atom is -0.307 e. The number of likely N-dealkylation sites (N-methyl/N-ethyl adjacent to an activating group) is 1. The van der Waals surface area contributed by atoms with Crippen molar-refractivity contribution in [1.29, 1.82) is 0 Å². The Labute approximate surface area is 106 Å². The summed E-state index contributed by atoms with van der Waals surface area (Å²) in [6, 6.07) is 9.91. The van der Waals surface area contributed by atoms with Crippen LogP contribution in [0.1, 0.15) is 29.4 Å². The molecule has 1 unspecified atom stereocenters. The Morgan fingerprint density at radius 3 is 3.06 bits per heavy atom. The molecule has 1 aliphatic rings. The third-order valence-electron chi connectivity index (χ3n) is 3.51. The lowest BCUT2D eigenvalue weighted by atomic mass is 9.89. The number of Topliss-reactive ketones (excluding diaryl/α,β-unsaturated/α-hetero) is 1. The van der Waals surface area contributed by atoms with Gasteiger partial charge in [-0.1, -0.05) is 25.1 Å². The molecule has 1 heterocycles. The molecular formula is C15H16N2O. The molecule has 0 radical (unpaired) electrons. The SMILES string of the molecule is CCNC1CCc2nc3ccccc3cc2C1=O. The Bertz CT molecular complexity index is 606. The zero-order chi connectivity index (χ0) is 12.5. The van der Waals surface area contributed by atoms with E-state index in [0.29, 0.717) is 0 Å². The Balaban J connectivity index is 2.09. The summed E-state index contributed by atoms with van der Waals surface area (Å²) >= 11 is 0. The molecule has 0 aliphatic heterocycles. The van der Waals surface area contributed by atoms with Crippen LogP contribution in [0.15, 0.2) is 30.3 Å². The van der Waals surface area contributed by atoms with Gasteiger partial charge in [0.05, 0.1) is 17.3 Å². The third kappa shape index (κ3) is 1.81. The van der Waals surface area contributed by atoms with Gasteiger partial charge in [0.2, 0.25) is 0 Å². The second kappa shape index (κ2) is 4.50. The van der Waals surface area contributed by atoms with E-state index in [4.69, 9.17) is 0 Å². The van der Waals surface area contributed by atoms with Crippen molar-refractivity contribution in [2.75, 3.05) is 6.54 Å². The lowest BCUT2D eigenvalue weighted by Crippen LogP contribution is -2.40. The fraction of sp³-hybridized carbons (Fsp3) is 0.333. The van der Waals surface area contributed by atoms with Gasteiger partial charge in [-0.2, -0.15) is 0 Å². The van der Waals surface area contributed by atoms with Crippen LogP contribution in [0, 0.1) is 0 Å². The lowest BCUT2D eigenvalue weighted by Gasteiger charge is -2.23. The summed E-state index contributed by atoms with van der Waals surface area (Å²) in [7, 11) is 0. The van der Waals surface area contributed by atoms with Crippen LogP contribution < -0.4 is 5.32 Å². The summed E-state index contributed by atoms with van der Waals surface area (Å²) < 4.78 is 0. The normalized spacial score (nSPS) is 18.9. The molecule has 1 aromatic carbocycles. The number of carbonyl (C=O) groups excluding carboxylic acids is 1. The number of nitrogens with one attached hydrogen (secondary N) is 1. The molecule has 0 saturated carbocycles. The largest absolute Gasteiger partial charge is 0.307 e. The zero-order valence-corrected chi connectivity index (χ0v) is 10.4. The summed E-state index contributed by atoms with van der Waals surface area (Å²) in [5.74, 6) is 0.191. The molecule has 3 nitrogen and oxygen atoms in total. The molecule has 1 N–H and O–H groups in total. The standard InChI is InChI=1S/C15H16N2O/c1-2-16-14-8-7-13-11(15(14)18)9-10-5-3-4-6-12(10)17-13/h3-6,9,14,16H,2,7-8H2,1H3. The molecule has 0 amide bonds. The molecule has 18 heavy (non-hydrogen) atoms. The van der Waals surface area contributed by atoms with Gasteiger partial charge in [-0.3, -0.25) is 9.78 Å². The van der Waals surface area contributed by atoms with Crippen LogP contribution in [0.5, 0.6) is 0 Å². The lowest BCUT2D eigenvalue weighted by molar-refractivity contribution is 0.0928. The van der Waals surface area contributed by atoms with Crippen LogP contribution in [0.3, 0.4) is 0 Å². The molecule has 92 valence electrons. The summed E-state index contributed by atoms with van der Waals surface area (Å²) in [5.41, 5.74) is 2.73. The van der Waals surface area contributed by atoms with E-state index < -0.39 is 0 Å². The quantitative estimate of drug-likeness (QED) is 0.876. The summed E-state index contributed by atoms with van der Waals surface area (Å²) in [5, 5.41) is 4.29. The predicted molar refractivity (Wildman–Crippen MR) is 71.9 cm³/mol. The molecule has 0 saturated heterocycles. The second-order valence-corrected chi connectivity index (χ2v) is 4.69. The minimum absolute atomic E-state index is 0.0366. The van der Waals surface area contributed by atoms with E-state index in [2.05, 4.69) is 10.3 Å². The van der Waals surface area contributed by atoms with Gasteiger partial charge in [-0.15, -0.1) is 0 Å². The van der Waals surface area contributed by atoms with Crippen LogP contribution >= 0.6 is 0 Å². The Hall–Kier alpha value is -1.74. The first kappa shape index (κ1) is 11.4. The van der Waals surface area contributed by atoms with Gasteiger partial charge < -0.3 is 5.32 Å². The van der Waals surface area contributed by atoms with E-state index in [1.165, 1.54) is 0 Å². The highest BCUT2D eigenvalue weighted by Gasteiger charge is 2.27. The van der Waals surface area contributed by atoms with E-state index in [0.717, 1.165) is 41.5 Å². The van der Waals surface area contributed by atoms with Crippen molar-refractivity contribution in [3.05, 3.63) is 41.6 Å². The van der Waals surface area contributed by atoms with Crippen LogP contribution in [-0.2, 0) is 6.42 Å². The van der Waals surface area contributed by atoms with Gasteiger partial charge >= 0.3 is 0 Å². The monoisotopic (exact) mass is 240 g/mol. The fourth-order valence-corrected chi connectivity index (χ4v) is 2.60. The van der Waals surface area contributed by atoms with Crippen molar-refractivity contribution < 1.29 is 4.79 Å². The number of benzene rings is 1. The van der Waals surface area contributed by atoms with E-state index in [1.54, 1.807) is 0 Å². The predicted octanol–water partition coefficient (Wildman–Crippen LogP) is 2.34. The number of hydrogen-bond acceptors (Lipinski definition) is 3. The molecule has 0 fully saturated rings. The van der Waals surface area contributed by atoms with Gasteiger partial charge in [-0.05, 0) is 31.5 Å². The van der Waals surface area contributed by atoms with Crippen molar-refractivity contribution in [3.63, 3.8) is 0 Å². The number of pyridine rings is 1. The highest BCUT2D eigenvalue weighted by atomic mass is 16.1. The molecule has 1 aliphatic carbocycles. The number of aryl methyl sites for hydroxylation is 1. The average Bonchev–Trinajstić information content (AvgIpc) is 2.41. The number of rotatable bonds is 2. The minimum atomic E-state index is -0.0366. The molecule has 2 aromatic rings. The summed E-state index contributed by atoms with van der Waals surface area (Å²) in [6.07, 6.45) is 1.73. The third-order valence-corrected chi connectivity index (χ3v) is 3.51. The maximum absolute atomic E-state index is 12.3. The van der Waals surface area contributed by atoms with E-state index in [9.17, 15) is 4.79 Å². The van der Waals surface area contributed by atoms with Crippen molar-refractivity contribution >= 4 is 16.7 Å². The van der Waals surface area contributed by atoms with Crippen molar-refractivity contribution in [3.8, 4) is 0 Å². The van der Waals surface area contributed by atoms with E-state index in [1.807, 2.05) is 37.3 Å². The summed E-state index contributed by atoms with van der Waals surface area (Å²) in [4.78, 5) is 17.0. The van der Waals surface area contributed by atoms with E-state index in [-0.39, 0.29) is 11.8 Å². The number of aromatic nitrogens is 1. The maximum atomic E-state index is 12.3. The summed E-state index contributed by atoms with van der Waals surface area (Å²) in [6.45, 7) is 2.86. The molecule has 0 spiro atoms. The van der Waals surface area contributed by atoms with Gasteiger partial charge in [0, 0.05) is 10.9 Å². The van der Waals surface area contributed by atoms with Crippen molar-refractivity contribution in [2.24, 2.45) is 0 Å². The topological polar surface area (TPSA) is 42.0 Å². The Morgan fingerprint density at radius 1 is 1.39 bits per heavy atom. The van der Waals surface area contributed by atoms with Crippen LogP contribution in [0.25, 0.3) is 10.9 Å². The number of carbonyl (C=O) groups is 1. The Morgan fingerprint density at radius 2 is 2.22 bits per heavy atom. The van der Waals surface area contributed by atoms with Crippen molar-refractivity contribution in [1.82, 2.24) is 10.3 Å². The highest BCUT2D eigenvalue weighted by molar-refractivity contribution is 6.04. The molecule has 1 atom stereocenters. The van der Waals surface area contributed by atoms with Crippen LogP contribution in [0.2, 0.25) is 0 Å². The zero-order valence-electron chi connectivity index (χ0n) is 10.4. The van der Waals surface area contributed by atoms with Crippen LogP contribution in [0.4, 0.5) is 0 Å². The van der Waals surface area contributed by atoms with E-state index >= 15 is 0 Å². The number of fused-ring (bicyclic) bond motifs is 2. The second-order valence-electron chi connectivity index (χ2n) is 4.69. The molecular weight excluding hydrogens is 224 g/mol. The van der Waals surface area contributed by atoms with Gasteiger partial charge in [-0.25, -0.2) is 0 Å². The molecule has 1 aromatic heterocycles. The molecule has 3 heteroatoms. The Kier molecular flexibility index (Phi) is 2.84. The number of ketones is 1. The fourth-order valence-electron chi connectivity index (χ4n) is 2.60. The van der Waals surface area contributed by atoms with Gasteiger partial charge in [0.25, 0.3) is 0 Å². The van der Waals surface area contributed by atoms with Gasteiger partial charge in [0.1, 0.15) is 0 Å². The van der Waals surface area contributed by atoms with Gasteiger partial charge in [0.15, 0.2) is 5.78 Å². The highest BCUT2D eigenvalue weighted by Crippen LogP contribution is 2.24. The van der Waals surface area contributed by atoms with Crippen molar-refractivity contribution in [2.45, 2.75) is 25.8 Å². The molecule has 0 bridgehead atoms. The first-order chi connectivity index (χ1) is 8.79. The molecule has 3 rings (SSSR count). The van der Waals surface area contributed by atoms with Crippen LogP contribution in [-0.4, -0.2) is 23.4 Å². The first-order valence-electron chi connectivity index (χ1n) is 6.46. The average molecular weight is 240 g/mol. The maximum Gasteiger partial charge on any atom is 0.181 e.